The van der Waals surface area contributed by atoms with Gasteiger partial charge in [0.15, 0.2) is 8.07 Å². The maximum absolute atomic E-state index is 6.10. The van der Waals surface area contributed by atoms with Crippen LogP contribution in [0.4, 0.5) is 0 Å². The molecule has 4 heteroatoms. The van der Waals surface area contributed by atoms with Crippen LogP contribution in [0, 0.1) is 5.54 Å². The van der Waals surface area contributed by atoms with E-state index >= 15 is 0 Å². The molecule has 1 aliphatic carbocycles. The van der Waals surface area contributed by atoms with E-state index < -0.39 is 8.07 Å². The molecule has 6 N–H and O–H groups in total. The van der Waals surface area contributed by atoms with E-state index in [0.717, 1.165) is 29.5 Å². The molecule has 0 aliphatic heterocycles. The van der Waals surface area contributed by atoms with Gasteiger partial charge in [-0.25, -0.2) is 0 Å². The summed E-state index contributed by atoms with van der Waals surface area (Å²) < 4.78 is 0. The molecular weight excluding hydrogens is 418 g/mol. The molecule has 0 saturated heterocycles. The lowest BCUT2D eigenvalue weighted by molar-refractivity contribution is 0.928. The van der Waals surface area contributed by atoms with Crippen LogP contribution in [-0.4, -0.2) is 8.07 Å². The van der Waals surface area contributed by atoms with Crippen LogP contribution in [0.3, 0.4) is 0 Å². The summed E-state index contributed by atoms with van der Waals surface area (Å²) in [4.78, 5) is 0. The molecule has 3 aromatic rings. The Kier molecular flexibility index (Phi) is 7.41. The van der Waals surface area contributed by atoms with Gasteiger partial charge in [-0.1, -0.05) is 110 Å². The molecule has 0 saturated carbocycles. The van der Waals surface area contributed by atoms with Gasteiger partial charge in [-0.05, 0) is 38.7 Å². The second-order valence-electron chi connectivity index (χ2n) is 8.72. The van der Waals surface area contributed by atoms with Gasteiger partial charge in [0.1, 0.15) is 0 Å². The lowest BCUT2D eigenvalue weighted by Crippen LogP contribution is -2.70. The summed E-state index contributed by atoms with van der Waals surface area (Å²) in [6, 6.07) is 26.5. The van der Waals surface area contributed by atoms with E-state index in [1.807, 2.05) is 0 Å². The van der Waals surface area contributed by atoms with E-state index in [-0.39, 0.29) is 0 Å². The van der Waals surface area contributed by atoms with E-state index in [1.165, 1.54) is 26.7 Å². The van der Waals surface area contributed by atoms with Crippen molar-refractivity contribution in [3.05, 3.63) is 119 Å². The minimum absolute atomic E-state index is 0.520. The van der Waals surface area contributed by atoms with E-state index in [2.05, 4.69) is 97.9 Å². The second kappa shape index (κ2) is 10.4. The van der Waals surface area contributed by atoms with Gasteiger partial charge in [-0.3, -0.25) is 0 Å². The molecule has 3 aromatic carbocycles. The first-order chi connectivity index (χ1) is 16.1. The third-order valence-corrected chi connectivity index (χ3v) is 11.3. The zero-order valence-electron chi connectivity index (χ0n) is 19.4. The highest BCUT2D eigenvalue weighted by atomic mass is 28.3. The molecular formula is C29H34N3Si. The summed E-state index contributed by atoms with van der Waals surface area (Å²) >= 11 is 0. The minimum atomic E-state index is -2.62. The smallest absolute Gasteiger partial charge is 0.162 e. The Morgan fingerprint density at radius 1 is 0.636 bits per heavy atom. The minimum Gasteiger partial charge on any atom is -0.326 e. The van der Waals surface area contributed by atoms with Crippen molar-refractivity contribution in [2.45, 2.75) is 39.4 Å². The van der Waals surface area contributed by atoms with Gasteiger partial charge >= 0.3 is 0 Å². The Balaban J connectivity index is 2.08. The van der Waals surface area contributed by atoms with E-state index in [1.54, 1.807) is 0 Å². The predicted octanol–water partition coefficient (Wildman–Crippen LogP) is 2.94. The van der Waals surface area contributed by atoms with E-state index in [9.17, 15) is 0 Å². The van der Waals surface area contributed by atoms with Gasteiger partial charge in [-0.15, -0.1) is 0 Å². The summed E-state index contributed by atoms with van der Waals surface area (Å²) in [5.74, 6) is 0. The van der Waals surface area contributed by atoms with Crippen molar-refractivity contribution < 1.29 is 0 Å². The fourth-order valence-corrected chi connectivity index (χ4v) is 9.94. The Hall–Kier alpha value is -2.76. The Labute approximate surface area is 199 Å². The maximum atomic E-state index is 6.10. The fraction of sp³-hybridized carbons (Fsp3) is 0.207. The number of allylic oxidation sites excluding steroid dienone is 4. The van der Waals surface area contributed by atoms with Gasteiger partial charge in [0, 0.05) is 25.2 Å². The fourth-order valence-electron chi connectivity index (χ4n) is 4.96. The van der Waals surface area contributed by atoms with Crippen LogP contribution in [0.5, 0.6) is 0 Å². The third kappa shape index (κ3) is 4.52. The lowest BCUT2D eigenvalue weighted by atomic mass is 10.2. The number of hydrogen-bond acceptors (Lipinski definition) is 3. The standard InChI is InChI=1S/C29H34N3Si/c1-2-6-22-13-14-29(15-22)33(26-10-3-7-23(16-26)19-30,27-11-4-8-24(17-27)20-31)28-12-5-9-25(18-28)21-32/h3-5,7-18H,2,6,19-21,30-32H2,1H3. The lowest BCUT2D eigenvalue weighted by Gasteiger charge is -2.38. The van der Waals surface area contributed by atoms with Crippen molar-refractivity contribution in [3.63, 3.8) is 0 Å². The molecule has 0 fully saturated rings. The van der Waals surface area contributed by atoms with Crippen molar-refractivity contribution in [3.8, 4) is 0 Å². The molecule has 1 aliphatic rings. The molecule has 0 amide bonds. The van der Waals surface area contributed by atoms with Gasteiger partial charge < -0.3 is 17.2 Å². The van der Waals surface area contributed by atoms with Gasteiger partial charge in [-0.2, -0.15) is 0 Å². The number of rotatable bonds is 9. The summed E-state index contributed by atoms with van der Waals surface area (Å²) in [6.07, 6.45) is 9.28. The van der Waals surface area contributed by atoms with E-state index in [4.69, 9.17) is 17.2 Å². The van der Waals surface area contributed by atoms with Crippen LogP contribution in [-0.2, 0) is 19.6 Å². The van der Waals surface area contributed by atoms with Crippen LogP contribution >= 0.6 is 0 Å². The monoisotopic (exact) mass is 452 g/mol. The average Bonchev–Trinajstić information content (AvgIpc) is 3.34. The zero-order chi connectivity index (χ0) is 23.3. The highest BCUT2D eigenvalue weighted by Crippen LogP contribution is 2.30. The first kappa shape index (κ1) is 23.4. The Morgan fingerprint density at radius 3 is 1.48 bits per heavy atom. The first-order valence-corrected chi connectivity index (χ1v) is 13.8. The van der Waals surface area contributed by atoms with Crippen LogP contribution in [0.15, 0.2) is 96.6 Å². The maximum Gasteiger partial charge on any atom is 0.162 e. The number of nitrogens with two attached hydrogens (primary N) is 3. The molecule has 1 radical (unpaired) electrons. The summed E-state index contributed by atoms with van der Waals surface area (Å²) in [5.41, 5.74) is 24.5. The Morgan fingerprint density at radius 2 is 1.09 bits per heavy atom. The highest BCUT2D eigenvalue weighted by Gasteiger charge is 2.46. The number of benzene rings is 3. The molecule has 0 atom stereocenters. The van der Waals surface area contributed by atoms with Gasteiger partial charge in [0.25, 0.3) is 0 Å². The van der Waals surface area contributed by atoms with Gasteiger partial charge in [0.05, 0.1) is 0 Å². The molecule has 33 heavy (non-hydrogen) atoms. The van der Waals surface area contributed by atoms with Crippen molar-refractivity contribution in [2.75, 3.05) is 0 Å². The zero-order valence-corrected chi connectivity index (χ0v) is 20.4. The average molecular weight is 453 g/mol. The first-order valence-electron chi connectivity index (χ1n) is 11.8. The summed E-state index contributed by atoms with van der Waals surface area (Å²) in [6.45, 7) is 3.79. The molecule has 3 nitrogen and oxygen atoms in total. The van der Waals surface area contributed by atoms with Crippen molar-refractivity contribution >= 4 is 23.6 Å². The molecule has 169 valence electrons. The molecule has 0 aromatic heterocycles. The molecule has 0 bridgehead atoms. The topological polar surface area (TPSA) is 78.1 Å². The largest absolute Gasteiger partial charge is 0.326 e. The number of hydrogen-bond donors (Lipinski definition) is 3. The van der Waals surface area contributed by atoms with Crippen LogP contribution in [0.25, 0.3) is 0 Å². The summed E-state index contributed by atoms with van der Waals surface area (Å²) in [5, 5.41) is 4.01. The second-order valence-corrected chi connectivity index (χ2v) is 12.5. The van der Waals surface area contributed by atoms with Crippen LogP contribution < -0.4 is 32.8 Å². The normalized spacial score (nSPS) is 14.0. The predicted molar refractivity (Wildman–Crippen MR) is 143 cm³/mol. The SMILES string of the molecule is CCCC1=C[C]([Si](c2cccc(CN)c2)(c2cccc(CN)c2)c2cccc(CN)c2)C=C1. The van der Waals surface area contributed by atoms with Crippen LogP contribution in [0.1, 0.15) is 36.5 Å². The molecule has 4 rings (SSSR count). The molecule has 0 spiro atoms. The third-order valence-electron chi connectivity index (χ3n) is 6.58. The Bertz CT molecular complexity index is 1050. The molecule has 0 unspecified atom stereocenters. The highest BCUT2D eigenvalue weighted by molar-refractivity contribution is 7.15. The van der Waals surface area contributed by atoms with E-state index in [0.29, 0.717) is 19.6 Å². The van der Waals surface area contributed by atoms with Gasteiger partial charge in [0.2, 0.25) is 0 Å². The molecule has 0 heterocycles. The quantitative estimate of drug-likeness (QED) is 0.345. The van der Waals surface area contributed by atoms with Crippen molar-refractivity contribution in [2.24, 2.45) is 17.2 Å². The summed E-state index contributed by atoms with van der Waals surface area (Å²) in [7, 11) is -2.62. The van der Waals surface area contributed by atoms with Crippen molar-refractivity contribution in [1.29, 1.82) is 0 Å². The van der Waals surface area contributed by atoms with Crippen LogP contribution in [0.2, 0.25) is 0 Å². The van der Waals surface area contributed by atoms with Crippen molar-refractivity contribution in [1.82, 2.24) is 0 Å².